The van der Waals surface area contributed by atoms with Crippen molar-refractivity contribution in [3.05, 3.63) is 89.0 Å². The largest absolute Gasteiger partial charge is 0.488 e. The van der Waals surface area contributed by atoms with Crippen molar-refractivity contribution < 1.29 is 9.53 Å². The van der Waals surface area contributed by atoms with Crippen molar-refractivity contribution in [1.82, 2.24) is 14.9 Å². The van der Waals surface area contributed by atoms with Gasteiger partial charge in [-0.15, -0.1) is 0 Å². The zero-order valence-corrected chi connectivity index (χ0v) is 16.8. The summed E-state index contributed by atoms with van der Waals surface area (Å²) in [6.07, 6.45) is 7.43. The highest BCUT2D eigenvalue weighted by molar-refractivity contribution is 5.95. The van der Waals surface area contributed by atoms with E-state index in [9.17, 15) is 4.79 Å². The monoisotopic (exact) mass is 387 g/mol. The van der Waals surface area contributed by atoms with Gasteiger partial charge in [-0.05, 0) is 68.1 Å². The molecule has 3 aromatic rings. The van der Waals surface area contributed by atoms with Gasteiger partial charge in [0, 0.05) is 35.8 Å². The highest BCUT2D eigenvalue weighted by atomic mass is 16.5. The van der Waals surface area contributed by atoms with Crippen LogP contribution < -0.4 is 4.74 Å². The van der Waals surface area contributed by atoms with Crippen LogP contribution in [0.2, 0.25) is 0 Å². The van der Waals surface area contributed by atoms with Gasteiger partial charge in [0.1, 0.15) is 12.4 Å². The van der Waals surface area contributed by atoms with Crippen molar-refractivity contribution in [2.75, 3.05) is 0 Å². The van der Waals surface area contributed by atoms with E-state index in [0.717, 1.165) is 41.0 Å². The molecule has 1 saturated carbocycles. The molecule has 4 rings (SSSR count). The number of aryl methyl sites for hydroxylation is 2. The highest BCUT2D eigenvalue weighted by Gasteiger charge is 2.33. The third kappa shape index (κ3) is 4.62. The molecule has 1 fully saturated rings. The second kappa shape index (κ2) is 8.43. The van der Waals surface area contributed by atoms with Gasteiger partial charge in [-0.3, -0.25) is 14.8 Å². The molecular weight excluding hydrogens is 362 g/mol. The van der Waals surface area contributed by atoms with E-state index in [1.165, 1.54) is 0 Å². The Morgan fingerprint density at radius 1 is 1.10 bits per heavy atom. The summed E-state index contributed by atoms with van der Waals surface area (Å²) >= 11 is 0. The molecule has 0 spiro atoms. The Kier molecular flexibility index (Phi) is 5.56. The Bertz CT molecular complexity index is 963. The predicted molar refractivity (Wildman–Crippen MR) is 112 cm³/mol. The van der Waals surface area contributed by atoms with Crippen molar-refractivity contribution in [2.45, 2.75) is 45.9 Å². The van der Waals surface area contributed by atoms with E-state index < -0.39 is 0 Å². The first-order valence-corrected chi connectivity index (χ1v) is 9.95. The van der Waals surface area contributed by atoms with Gasteiger partial charge in [-0.25, -0.2) is 0 Å². The molecule has 0 atom stereocenters. The Balaban J connectivity index is 1.52. The molecule has 0 saturated heterocycles. The van der Waals surface area contributed by atoms with E-state index >= 15 is 0 Å². The first-order chi connectivity index (χ1) is 14.1. The summed E-state index contributed by atoms with van der Waals surface area (Å²) in [5.41, 5.74) is 4.56. The lowest BCUT2D eigenvalue weighted by Gasteiger charge is -2.23. The summed E-state index contributed by atoms with van der Waals surface area (Å²) in [5.74, 6) is 0.885. The molecule has 0 aliphatic heterocycles. The zero-order valence-electron chi connectivity index (χ0n) is 16.8. The lowest BCUT2D eigenvalue weighted by atomic mass is 10.0. The fraction of sp³-hybridized carbons (Fsp3) is 0.292. The summed E-state index contributed by atoms with van der Waals surface area (Å²) in [5, 5.41) is 0. The van der Waals surface area contributed by atoms with E-state index in [1.807, 2.05) is 61.2 Å². The maximum absolute atomic E-state index is 13.3. The quantitative estimate of drug-likeness (QED) is 0.600. The number of carbonyl (C=O) groups is 1. The van der Waals surface area contributed by atoms with Gasteiger partial charge in [0.15, 0.2) is 0 Å². The predicted octanol–water partition coefficient (Wildman–Crippen LogP) is 4.48. The Morgan fingerprint density at radius 3 is 2.52 bits per heavy atom. The van der Waals surface area contributed by atoms with Crippen LogP contribution in [0.3, 0.4) is 0 Å². The third-order valence-electron chi connectivity index (χ3n) is 5.12. The summed E-state index contributed by atoms with van der Waals surface area (Å²) in [6.45, 7) is 4.98. The van der Waals surface area contributed by atoms with Gasteiger partial charge in [-0.2, -0.15) is 0 Å². The number of pyridine rings is 2. The summed E-state index contributed by atoms with van der Waals surface area (Å²) < 4.78 is 6.03. The lowest BCUT2D eigenvalue weighted by molar-refractivity contribution is 0.0727. The van der Waals surface area contributed by atoms with Crippen LogP contribution in [0.5, 0.6) is 5.75 Å². The molecule has 1 aromatic carbocycles. The number of rotatable bonds is 7. The van der Waals surface area contributed by atoms with Gasteiger partial charge >= 0.3 is 0 Å². The van der Waals surface area contributed by atoms with Crippen LogP contribution in [0, 0.1) is 13.8 Å². The number of hydrogen-bond acceptors (Lipinski definition) is 4. The minimum atomic E-state index is 0.0585. The van der Waals surface area contributed by atoms with Crippen LogP contribution in [0.1, 0.15) is 45.6 Å². The summed E-state index contributed by atoms with van der Waals surface area (Å²) in [6, 6.07) is 13.9. The fourth-order valence-corrected chi connectivity index (χ4v) is 3.53. The number of benzene rings is 1. The Labute approximate surface area is 171 Å². The van der Waals surface area contributed by atoms with E-state index in [1.54, 1.807) is 18.6 Å². The Morgan fingerprint density at radius 2 is 1.90 bits per heavy atom. The molecule has 0 N–H and O–H groups in total. The van der Waals surface area contributed by atoms with Crippen molar-refractivity contribution in [2.24, 2.45) is 0 Å². The first-order valence-electron chi connectivity index (χ1n) is 9.95. The molecule has 2 aromatic heterocycles. The van der Waals surface area contributed by atoms with Gasteiger partial charge in [0.2, 0.25) is 0 Å². The molecule has 1 aliphatic carbocycles. The first kappa shape index (κ1) is 19.1. The van der Waals surface area contributed by atoms with E-state index in [0.29, 0.717) is 24.8 Å². The van der Waals surface area contributed by atoms with E-state index in [4.69, 9.17) is 4.74 Å². The topological polar surface area (TPSA) is 55.3 Å². The van der Waals surface area contributed by atoms with Crippen LogP contribution >= 0.6 is 0 Å². The molecule has 1 amide bonds. The average Bonchev–Trinajstić information content (AvgIpc) is 3.57. The molecular formula is C24H25N3O2. The summed E-state index contributed by atoms with van der Waals surface area (Å²) in [7, 11) is 0. The number of hydrogen-bond donors (Lipinski definition) is 0. The number of amides is 1. The van der Waals surface area contributed by atoms with Crippen LogP contribution in [0.25, 0.3) is 0 Å². The van der Waals surface area contributed by atoms with Gasteiger partial charge in [0.25, 0.3) is 5.91 Å². The fourth-order valence-electron chi connectivity index (χ4n) is 3.53. The van der Waals surface area contributed by atoms with Crippen molar-refractivity contribution in [3.63, 3.8) is 0 Å². The molecule has 148 valence electrons. The molecule has 1 aliphatic rings. The van der Waals surface area contributed by atoms with E-state index in [2.05, 4.69) is 9.97 Å². The van der Waals surface area contributed by atoms with Gasteiger partial charge in [0.05, 0.1) is 12.2 Å². The molecule has 5 heteroatoms. The molecule has 2 heterocycles. The summed E-state index contributed by atoms with van der Waals surface area (Å²) in [4.78, 5) is 23.7. The van der Waals surface area contributed by atoms with Crippen LogP contribution in [-0.2, 0) is 13.2 Å². The maximum Gasteiger partial charge on any atom is 0.254 e. The lowest BCUT2D eigenvalue weighted by Crippen LogP contribution is -2.33. The molecule has 0 bridgehead atoms. The highest BCUT2D eigenvalue weighted by Crippen LogP contribution is 2.32. The number of carbonyl (C=O) groups excluding carboxylic acids is 1. The average molecular weight is 387 g/mol. The minimum absolute atomic E-state index is 0.0585. The second-order valence-corrected chi connectivity index (χ2v) is 7.57. The van der Waals surface area contributed by atoms with Gasteiger partial charge in [-0.1, -0.05) is 12.1 Å². The van der Waals surface area contributed by atoms with Crippen molar-refractivity contribution >= 4 is 5.91 Å². The van der Waals surface area contributed by atoms with Crippen molar-refractivity contribution in [1.29, 1.82) is 0 Å². The van der Waals surface area contributed by atoms with Gasteiger partial charge < -0.3 is 9.64 Å². The van der Waals surface area contributed by atoms with E-state index in [-0.39, 0.29) is 5.91 Å². The minimum Gasteiger partial charge on any atom is -0.488 e. The standard InChI is InChI=1S/C24H25N3O2/c1-17-12-20(13-18(2)23(17)29-16-19-6-5-10-25-14-19)24(28)27(22-8-9-22)15-21-7-3-4-11-26-21/h3-7,10-14,22H,8-9,15-16H2,1-2H3. The molecule has 29 heavy (non-hydrogen) atoms. The number of aromatic nitrogens is 2. The SMILES string of the molecule is Cc1cc(C(=O)N(Cc2ccccn2)C2CC2)cc(C)c1OCc1cccnc1. The second-order valence-electron chi connectivity index (χ2n) is 7.57. The number of nitrogens with zero attached hydrogens (tertiary/aromatic N) is 3. The third-order valence-corrected chi connectivity index (χ3v) is 5.12. The van der Waals surface area contributed by atoms with Crippen LogP contribution in [-0.4, -0.2) is 26.8 Å². The molecule has 5 nitrogen and oxygen atoms in total. The smallest absolute Gasteiger partial charge is 0.254 e. The van der Waals surface area contributed by atoms with Crippen LogP contribution in [0.4, 0.5) is 0 Å². The Hall–Kier alpha value is -3.21. The van der Waals surface area contributed by atoms with Crippen LogP contribution in [0.15, 0.2) is 61.1 Å². The molecule has 0 radical (unpaired) electrons. The normalized spacial score (nSPS) is 13.2. The zero-order chi connectivity index (χ0) is 20.2. The maximum atomic E-state index is 13.3. The molecule has 0 unspecified atom stereocenters. The number of ether oxygens (including phenoxy) is 1. The van der Waals surface area contributed by atoms with Crippen molar-refractivity contribution in [3.8, 4) is 5.75 Å².